The fraction of sp³-hybridized carbons (Fsp3) is 0. The number of oxazole rings is 1. The van der Waals surface area contributed by atoms with Crippen molar-refractivity contribution in [2.24, 2.45) is 0 Å². The summed E-state index contributed by atoms with van der Waals surface area (Å²) in [5.74, 6) is 2.07. The van der Waals surface area contributed by atoms with Crippen LogP contribution < -0.4 is 0 Å². The van der Waals surface area contributed by atoms with Crippen molar-refractivity contribution in [2.75, 3.05) is 0 Å². The summed E-state index contributed by atoms with van der Waals surface area (Å²) < 4.78 is 12.8. The summed E-state index contributed by atoms with van der Waals surface area (Å²) in [5.41, 5.74) is 13.7. The largest absolute Gasteiger partial charge is 0.456 e. The Labute approximate surface area is 363 Å². The van der Waals surface area contributed by atoms with E-state index >= 15 is 0 Å². The molecule has 6 aromatic carbocycles. The maximum atomic E-state index is 6.44. The molecule has 13 aromatic rings. The lowest BCUT2D eigenvalue weighted by atomic mass is 9.91. The summed E-state index contributed by atoms with van der Waals surface area (Å²) in [6.07, 6.45) is 7.06. The van der Waals surface area contributed by atoms with Gasteiger partial charge in [0.15, 0.2) is 23.1 Å². The first kappa shape index (κ1) is 35.7. The van der Waals surface area contributed by atoms with Gasteiger partial charge in [-0.1, -0.05) is 84.9 Å². The Hall–Kier alpha value is -9.02. The Morgan fingerprint density at radius 3 is 1.58 bits per heavy atom. The minimum absolute atomic E-state index is 0.482. The average molecular weight is 823 g/mol. The lowest BCUT2D eigenvalue weighted by Crippen LogP contribution is -2.01. The highest BCUT2D eigenvalue weighted by Crippen LogP contribution is 2.41. The van der Waals surface area contributed by atoms with E-state index in [1.165, 1.54) is 0 Å². The summed E-state index contributed by atoms with van der Waals surface area (Å²) in [6, 6.07) is 53.1. The standard InChI is InChI=1S/C54H30N8O2/c1-2-8-33(9-3-1)54-59-44-21-23-48-49(50(44)64-54)41-26-34(18-22-47(41)63-48)38-20-19-37(39-10-4-5-11-40(38)39)31-14-16-32(17-15-31)51-60-52(35-27-45-42(57-29-35)12-6-24-55-45)62-53(61-51)36-28-46-43(58-30-36)13-7-25-56-46/h1-30H. The van der Waals surface area contributed by atoms with E-state index in [0.29, 0.717) is 28.9 Å². The maximum Gasteiger partial charge on any atom is 0.227 e. The van der Waals surface area contributed by atoms with Gasteiger partial charge < -0.3 is 8.83 Å². The van der Waals surface area contributed by atoms with Gasteiger partial charge in [0.25, 0.3) is 0 Å². The van der Waals surface area contributed by atoms with Crippen molar-refractivity contribution in [1.29, 1.82) is 0 Å². The van der Waals surface area contributed by atoms with Crippen LogP contribution in [-0.4, -0.2) is 39.9 Å². The number of hydrogen-bond donors (Lipinski definition) is 0. The minimum Gasteiger partial charge on any atom is -0.456 e. The predicted octanol–water partition coefficient (Wildman–Crippen LogP) is 13.0. The van der Waals surface area contributed by atoms with E-state index in [0.717, 1.165) is 105 Å². The number of aromatic nitrogens is 8. The molecule has 0 unspecified atom stereocenters. The second kappa shape index (κ2) is 14.3. The van der Waals surface area contributed by atoms with E-state index in [9.17, 15) is 0 Å². The number of pyridine rings is 4. The summed E-state index contributed by atoms with van der Waals surface area (Å²) in [6.45, 7) is 0. The molecule has 0 amide bonds. The number of furan rings is 1. The molecule has 64 heavy (non-hydrogen) atoms. The normalized spacial score (nSPS) is 11.8. The molecule has 0 atom stereocenters. The van der Waals surface area contributed by atoms with E-state index < -0.39 is 0 Å². The van der Waals surface area contributed by atoms with Gasteiger partial charge in [0.2, 0.25) is 5.89 Å². The monoisotopic (exact) mass is 822 g/mol. The van der Waals surface area contributed by atoms with Gasteiger partial charge in [-0.25, -0.2) is 19.9 Å². The quantitative estimate of drug-likeness (QED) is 0.160. The lowest BCUT2D eigenvalue weighted by molar-refractivity contribution is 0.622. The second-order valence-electron chi connectivity index (χ2n) is 15.6. The third-order valence-corrected chi connectivity index (χ3v) is 11.8. The predicted molar refractivity (Wildman–Crippen MR) is 251 cm³/mol. The first-order chi connectivity index (χ1) is 31.7. The highest BCUT2D eigenvalue weighted by Gasteiger charge is 2.19. The fourth-order valence-electron chi connectivity index (χ4n) is 8.63. The van der Waals surface area contributed by atoms with Crippen molar-refractivity contribution in [3.63, 3.8) is 0 Å². The van der Waals surface area contributed by atoms with Crippen LogP contribution in [0.3, 0.4) is 0 Å². The van der Waals surface area contributed by atoms with Crippen LogP contribution in [0.2, 0.25) is 0 Å². The molecule has 0 aliphatic carbocycles. The number of rotatable bonds is 6. The number of nitrogens with zero attached hydrogens (tertiary/aromatic N) is 8. The lowest BCUT2D eigenvalue weighted by Gasteiger charge is -2.13. The van der Waals surface area contributed by atoms with Crippen LogP contribution in [0.25, 0.3) is 134 Å². The zero-order valence-electron chi connectivity index (χ0n) is 33.7. The van der Waals surface area contributed by atoms with Gasteiger partial charge in [0.05, 0.1) is 27.5 Å². The molecule has 7 aromatic heterocycles. The van der Waals surface area contributed by atoms with Crippen LogP contribution in [0.5, 0.6) is 0 Å². The van der Waals surface area contributed by atoms with Gasteiger partial charge in [0, 0.05) is 52.4 Å². The van der Waals surface area contributed by atoms with Crippen LogP contribution >= 0.6 is 0 Å². The Morgan fingerprint density at radius 1 is 0.328 bits per heavy atom. The molecule has 10 heteroatoms. The number of benzene rings is 6. The van der Waals surface area contributed by atoms with Gasteiger partial charge in [-0.3, -0.25) is 19.9 Å². The molecule has 0 fully saturated rings. The van der Waals surface area contributed by atoms with E-state index in [4.69, 9.17) is 28.8 Å². The third kappa shape index (κ3) is 5.96. The van der Waals surface area contributed by atoms with E-state index in [-0.39, 0.29) is 0 Å². The zero-order valence-corrected chi connectivity index (χ0v) is 33.7. The molecule has 10 nitrogen and oxygen atoms in total. The van der Waals surface area contributed by atoms with Crippen molar-refractivity contribution >= 4 is 65.9 Å². The molecule has 0 aliphatic heterocycles. The molecule has 0 saturated carbocycles. The molecule has 0 aliphatic rings. The fourth-order valence-corrected chi connectivity index (χ4v) is 8.63. The first-order valence-corrected chi connectivity index (χ1v) is 20.8. The zero-order chi connectivity index (χ0) is 42.1. The van der Waals surface area contributed by atoms with Crippen molar-refractivity contribution in [2.45, 2.75) is 0 Å². The molecule has 0 bridgehead atoms. The third-order valence-electron chi connectivity index (χ3n) is 11.8. The highest BCUT2D eigenvalue weighted by molar-refractivity contribution is 6.17. The topological polar surface area (TPSA) is 129 Å². The molecule has 7 heterocycles. The summed E-state index contributed by atoms with van der Waals surface area (Å²) in [7, 11) is 0. The molecule has 0 spiro atoms. The molecule has 298 valence electrons. The van der Waals surface area contributed by atoms with Gasteiger partial charge in [0.1, 0.15) is 16.7 Å². The highest BCUT2D eigenvalue weighted by atomic mass is 16.4. The van der Waals surface area contributed by atoms with E-state index in [1.807, 2.05) is 84.9 Å². The number of fused-ring (bicyclic) bond motifs is 8. The van der Waals surface area contributed by atoms with Gasteiger partial charge >= 0.3 is 0 Å². The Bertz CT molecular complexity index is 3880. The molecule has 0 N–H and O–H groups in total. The average Bonchev–Trinajstić information content (AvgIpc) is 3.98. The summed E-state index contributed by atoms with van der Waals surface area (Å²) in [5, 5.41) is 4.16. The van der Waals surface area contributed by atoms with Crippen molar-refractivity contribution in [3.05, 3.63) is 183 Å². The van der Waals surface area contributed by atoms with Crippen LogP contribution in [-0.2, 0) is 0 Å². The number of hydrogen-bond acceptors (Lipinski definition) is 10. The van der Waals surface area contributed by atoms with Crippen molar-refractivity contribution in [3.8, 4) is 67.9 Å². The Kier molecular flexibility index (Phi) is 7.97. The second-order valence-corrected chi connectivity index (χ2v) is 15.6. The van der Waals surface area contributed by atoms with E-state index in [1.54, 1.807) is 24.8 Å². The van der Waals surface area contributed by atoms with Gasteiger partial charge in [-0.15, -0.1) is 0 Å². The molecule has 0 saturated heterocycles. The van der Waals surface area contributed by atoms with Crippen LogP contribution in [0, 0.1) is 0 Å². The van der Waals surface area contributed by atoms with Gasteiger partial charge in [-0.05, 0) is 106 Å². The smallest absolute Gasteiger partial charge is 0.227 e. The van der Waals surface area contributed by atoms with Crippen LogP contribution in [0.15, 0.2) is 191 Å². The van der Waals surface area contributed by atoms with Crippen LogP contribution in [0.1, 0.15) is 0 Å². The maximum absolute atomic E-state index is 6.44. The minimum atomic E-state index is 0.482. The van der Waals surface area contributed by atoms with E-state index in [2.05, 4.69) is 92.7 Å². The molecule has 13 rings (SSSR count). The van der Waals surface area contributed by atoms with Crippen LogP contribution in [0.4, 0.5) is 0 Å². The van der Waals surface area contributed by atoms with Gasteiger partial charge in [-0.2, -0.15) is 0 Å². The summed E-state index contributed by atoms with van der Waals surface area (Å²) in [4.78, 5) is 38.1. The Balaban J connectivity index is 0.890. The summed E-state index contributed by atoms with van der Waals surface area (Å²) >= 11 is 0. The Morgan fingerprint density at radius 2 is 0.906 bits per heavy atom. The SMILES string of the molecule is c1ccc(-c2nc3ccc4oc5ccc(-c6ccc(-c7ccc(-c8nc(-c9cnc%10cccnc%10c9)nc(-c9cnc%10cccnc%10c9)n8)cc7)c7ccccc67)cc5c4c3o2)cc1. The first-order valence-electron chi connectivity index (χ1n) is 20.8. The van der Waals surface area contributed by atoms with Crippen molar-refractivity contribution < 1.29 is 8.83 Å². The molecular formula is C54H30N8O2. The molecule has 0 radical (unpaired) electrons. The van der Waals surface area contributed by atoms with Crippen molar-refractivity contribution in [1.82, 2.24) is 39.9 Å². The molecular weight excluding hydrogens is 793 g/mol.